The van der Waals surface area contributed by atoms with Crippen molar-refractivity contribution in [3.05, 3.63) is 81.2 Å². The van der Waals surface area contributed by atoms with Crippen molar-refractivity contribution in [3.63, 3.8) is 0 Å². The Hall–Kier alpha value is -2.67. The highest BCUT2D eigenvalue weighted by atomic mass is 35.5. The van der Waals surface area contributed by atoms with Crippen LogP contribution in [0, 0.1) is 12.8 Å². The fraction of sp³-hybridized carbons (Fsp3) is 0.469. The third-order valence-electron chi connectivity index (χ3n) is 9.02. The minimum absolute atomic E-state index is 0.0289. The molecule has 2 amide bonds. The first-order chi connectivity index (χ1) is 19.4. The zero-order chi connectivity index (χ0) is 27.8. The summed E-state index contributed by atoms with van der Waals surface area (Å²) in [6, 6.07) is 15.1. The fourth-order valence-corrected chi connectivity index (χ4v) is 6.93. The summed E-state index contributed by atoms with van der Waals surface area (Å²) in [5.41, 5.74) is 6.92. The number of nitrogens with zero attached hydrogens (tertiary/aromatic N) is 4. The predicted octanol–water partition coefficient (Wildman–Crippen LogP) is 7.39. The topological polar surface area (TPSA) is 61.4 Å². The smallest absolute Gasteiger partial charge is 0.317 e. The van der Waals surface area contributed by atoms with Crippen LogP contribution >= 0.6 is 23.2 Å². The van der Waals surface area contributed by atoms with Crippen molar-refractivity contribution in [2.75, 3.05) is 20.1 Å². The van der Waals surface area contributed by atoms with E-state index in [1.54, 1.807) is 12.4 Å². The third kappa shape index (κ3) is 5.86. The normalized spacial score (nSPS) is 20.2. The Labute approximate surface area is 247 Å². The van der Waals surface area contributed by atoms with Crippen LogP contribution in [0.15, 0.2) is 48.8 Å². The van der Waals surface area contributed by atoms with E-state index in [0.717, 1.165) is 67.7 Å². The standard InChI is InChI=1S/C32H37Cl2N5O/c1-20-16-28(36-19-35-20)23-8-10-25-22(18-23)9-11-30(25)39-14-12-24(13-15-39)38(2)32(40)37-29(17-21-6-7-21)26-4-3-5-27(33)31(26)34/h3-5,8,10,16,18-19,21,24,29-30H,6-7,9,11-15,17H2,1-2H3,(H,37,40)/t29-,30?/m0/s1. The molecule has 1 unspecified atom stereocenters. The molecule has 2 aromatic carbocycles. The second-order valence-electron chi connectivity index (χ2n) is 11.7. The van der Waals surface area contributed by atoms with Crippen LogP contribution < -0.4 is 5.32 Å². The van der Waals surface area contributed by atoms with E-state index in [1.165, 1.54) is 24.0 Å². The number of aromatic nitrogens is 2. The van der Waals surface area contributed by atoms with E-state index < -0.39 is 0 Å². The monoisotopic (exact) mass is 577 g/mol. The highest BCUT2D eigenvalue weighted by Crippen LogP contribution is 2.41. The van der Waals surface area contributed by atoms with E-state index in [0.29, 0.717) is 22.0 Å². The zero-order valence-electron chi connectivity index (χ0n) is 23.2. The molecule has 2 aliphatic carbocycles. The van der Waals surface area contributed by atoms with Gasteiger partial charge in [-0.2, -0.15) is 0 Å². The molecule has 1 N–H and O–H groups in total. The van der Waals surface area contributed by atoms with E-state index in [9.17, 15) is 4.79 Å². The molecule has 0 radical (unpaired) electrons. The zero-order valence-corrected chi connectivity index (χ0v) is 24.8. The molecule has 2 heterocycles. The van der Waals surface area contributed by atoms with Gasteiger partial charge in [0.25, 0.3) is 0 Å². The Balaban J connectivity index is 1.07. The van der Waals surface area contributed by atoms with Crippen LogP contribution in [0.25, 0.3) is 11.3 Å². The van der Waals surface area contributed by atoms with E-state index in [2.05, 4.69) is 38.4 Å². The van der Waals surface area contributed by atoms with Gasteiger partial charge in [-0.25, -0.2) is 14.8 Å². The number of fused-ring (bicyclic) bond motifs is 1. The van der Waals surface area contributed by atoms with Crippen LogP contribution in [0.5, 0.6) is 0 Å². The Bertz CT molecular complexity index is 1390. The van der Waals surface area contributed by atoms with Crippen LogP contribution in [0.4, 0.5) is 4.79 Å². The molecule has 3 aromatic rings. The average Bonchev–Trinajstić information content (AvgIpc) is 3.69. The van der Waals surface area contributed by atoms with Gasteiger partial charge < -0.3 is 10.2 Å². The number of nitrogens with one attached hydrogen (secondary N) is 1. The minimum atomic E-state index is -0.125. The Morgan fingerprint density at radius 1 is 1.07 bits per heavy atom. The van der Waals surface area contributed by atoms with Gasteiger partial charge in [0, 0.05) is 43.5 Å². The van der Waals surface area contributed by atoms with Crippen molar-refractivity contribution in [3.8, 4) is 11.3 Å². The molecule has 0 spiro atoms. The van der Waals surface area contributed by atoms with Crippen molar-refractivity contribution in [2.24, 2.45) is 5.92 Å². The van der Waals surface area contributed by atoms with E-state index in [1.807, 2.05) is 37.1 Å². The lowest BCUT2D eigenvalue weighted by atomic mass is 9.98. The number of rotatable bonds is 7. The van der Waals surface area contributed by atoms with Crippen LogP contribution in [0.2, 0.25) is 10.0 Å². The van der Waals surface area contributed by atoms with E-state index in [-0.39, 0.29) is 18.1 Å². The van der Waals surface area contributed by atoms with Gasteiger partial charge in [-0.1, -0.05) is 60.3 Å². The number of carbonyl (C=O) groups excluding carboxylic acids is 1. The summed E-state index contributed by atoms with van der Waals surface area (Å²) < 4.78 is 0. The Morgan fingerprint density at radius 2 is 1.88 bits per heavy atom. The summed E-state index contributed by atoms with van der Waals surface area (Å²) in [7, 11) is 1.94. The van der Waals surface area contributed by atoms with Crippen molar-refractivity contribution in [1.29, 1.82) is 0 Å². The summed E-state index contributed by atoms with van der Waals surface area (Å²) in [5, 5.41) is 4.37. The number of benzene rings is 2. The number of halogens is 2. The van der Waals surface area contributed by atoms with Crippen LogP contribution in [-0.4, -0.2) is 52.0 Å². The summed E-state index contributed by atoms with van der Waals surface area (Å²) in [6.45, 7) is 3.98. The molecule has 3 aliphatic rings. The first-order valence-electron chi connectivity index (χ1n) is 14.5. The van der Waals surface area contributed by atoms with Gasteiger partial charge in [0.2, 0.25) is 0 Å². The molecular formula is C32H37Cl2N5O. The maximum Gasteiger partial charge on any atom is 0.317 e. The number of aryl methyl sites for hydroxylation is 2. The molecule has 1 saturated heterocycles. The molecule has 40 heavy (non-hydrogen) atoms. The first kappa shape index (κ1) is 27.5. The van der Waals surface area contributed by atoms with Crippen molar-refractivity contribution < 1.29 is 4.79 Å². The van der Waals surface area contributed by atoms with Gasteiger partial charge in [-0.05, 0) is 79.8 Å². The Kier molecular flexibility index (Phi) is 8.02. The van der Waals surface area contributed by atoms with Crippen LogP contribution in [0.3, 0.4) is 0 Å². The number of piperidine rings is 1. The van der Waals surface area contributed by atoms with Gasteiger partial charge in [0.05, 0.1) is 21.8 Å². The maximum absolute atomic E-state index is 13.4. The molecule has 1 aliphatic heterocycles. The second kappa shape index (κ2) is 11.7. The average molecular weight is 579 g/mol. The molecule has 1 aromatic heterocycles. The third-order valence-corrected chi connectivity index (χ3v) is 9.85. The second-order valence-corrected chi connectivity index (χ2v) is 12.5. The molecule has 0 bridgehead atoms. The molecule has 210 valence electrons. The number of carbonyl (C=O) groups is 1. The predicted molar refractivity (Wildman–Crippen MR) is 161 cm³/mol. The highest BCUT2D eigenvalue weighted by Gasteiger charge is 2.34. The van der Waals surface area contributed by atoms with Gasteiger partial charge >= 0.3 is 6.03 Å². The van der Waals surface area contributed by atoms with Gasteiger partial charge in [0.15, 0.2) is 0 Å². The molecule has 2 atom stereocenters. The quantitative estimate of drug-likeness (QED) is 0.318. The SMILES string of the molecule is Cc1cc(-c2ccc3c(c2)CCC3N2CCC(N(C)C(=O)N[C@@H](CC3CC3)c3cccc(Cl)c3Cl)CC2)ncn1. The van der Waals surface area contributed by atoms with Gasteiger partial charge in [0.1, 0.15) is 6.33 Å². The lowest BCUT2D eigenvalue weighted by Gasteiger charge is -2.40. The molecule has 8 heteroatoms. The molecular weight excluding hydrogens is 541 g/mol. The molecule has 6 rings (SSSR count). The fourth-order valence-electron chi connectivity index (χ4n) is 6.49. The summed E-state index contributed by atoms with van der Waals surface area (Å²) in [5.74, 6) is 0.643. The molecule has 1 saturated carbocycles. The maximum atomic E-state index is 13.4. The number of amides is 2. The van der Waals surface area contributed by atoms with Crippen molar-refractivity contribution in [2.45, 2.75) is 70.0 Å². The number of likely N-dealkylation sites (tertiary alicyclic amines) is 1. The summed E-state index contributed by atoms with van der Waals surface area (Å²) in [6.07, 6.45) is 9.15. The number of hydrogen-bond acceptors (Lipinski definition) is 4. The lowest BCUT2D eigenvalue weighted by molar-refractivity contribution is 0.105. The molecule has 2 fully saturated rings. The van der Waals surface area contributed by atoms with Crippen LogP contribution in [0.1, 0.15) is 73.0 Å². The molecule has 6 nitrogen and oxygen atoms in total. The van der Waals surface area contributed by atoms with Crippen molar-refractivity contribution >= 4 is 29.2 Å². The largest absolute Gasteiger partial charge is 0.331 e. The van der Waals surface area contributed by atoms with Gasteiger partial charge in [-0.3, -0.25) is 4.90 Å². The first-order valence-corrected chi connectivity index (χ1v) is 15.3. The van der Waals surface area contributed by atoms with Crippen LogP contribution in [-0.2, 0) is 6.42 Å². The van der Waals surface area contributed by atoms with Crippen molar-refractivity contribution in [1.82, 2.24) is 25.1 Å². The lowest BCUT2D eigenvalue weighted by Crippen LogP contribution is -2.49. The summed E-state index contributed by atoms with van der Waals surface area (Å²) in [4.78, 5) is 26.6. The number of urea groups is 1. The highest BCUT2D eigenvalue weighted by molar-refractivity contribution is 6.42. The number of hydrogen-bond donors (Lipinski definition) is 1. The van der Waals surface area contributed by atoms with E-state index in [4.69, 9.17) is 23.2 Å². The summed E-state index contributed by atoms with van der Waals surface area (Å²) >= 11 is 12.9. The van der Waals surface area contributed by atoms with E-state index >= 15 is 0 Å². The Morgan fingerprint density at radius 3 is 2.62 bits per heavy atom. The minimum Gasteiger partial charge on any atom is -0.331 e. The van der Waals surface area contributed by atoms with Gasteiger partial charge in [-0.15, -0.1) is 0 Å².